The quantitative estimate of drug-likeness (QED) is 0.734. The van der Waals surface area contributed by atoms with E-state index in [0.29, 0.717) is 24.2 Å². The maximum Gasteiger partial charge on any atom is 0.416 e. The average Bonchev–Trinajstić information content (AvgIpc) is 2.72. The van der Waals surface area contributed by atoms with E-state index in [-0.39, 0.29) is 18.1 Å². The third-order valence-corrected chi connectivity index (χ3v) is 5.29. The minimum atomic E-state index is -4.41. The number of hydrogen-bond donors (Lipinski definition) is 1. The number of carboxylic acid groups (broad SMARTS) is 1. The summed E-state index contributed by atoms with van der Waals surface area (Å²) >= 11 is 0. The maximum atomic E-state index is 12.6. The number of alkyl halides is 3. The van der Waals surface area contributed by atoms with E-state index in [1.54, 1.807) is 24.0 Å². The summed E-state index contributed by atoms with van der Waals surface area (Å²) in [5, 5.41) is 9.32. The predicted octanol–water partition coefficient (Wildman–Crippen LogP) is 5.23. The van der Waals surface area contributed by atoms with Crippen LogP contribution in [0.4, 0.5) is 18.0 Å². The molecule has 8 heteroatoms. The molecule has 1 amide bonds. The Hall–Kier alpha value is -3.03. The van der Waals surface area contributed by atoms with E-state index in [1.165, 1.54) is 12.1 Å². The van der Waals surface area contributed by atoms with Crippen molar-refractivity contribution in [2.45, 2.75) is 38.5 Å². The van der Waals surface area contributed by atoms with Gasteiger partial charge in [-0.1, -0.05) is 24.3 Å². The fraction of sp³-hybridized carbons (Fsp3) is 0.364. The molecular formula is C22H22F3NO4. The molecule has 0 aliphatic carbocycles. The number of carbonyl (C=O) groups excluding carboxylic acids is 1. The van der Waals surface area contributed by atoms with Crippen molar-refractivity contribution in [3.05, 3.63) is 70.3 Å². The monoisotopic (exact) mass is 421 g/mol. The van der Waals surface area contributed by atoms with Crippen molar-refractivity contribution in [1.82, 2.24) is 4.90 Å². The van der Waals surface area contributed by atoms with E-state index in [1.807, 2.05) is 6.07 Å². The highest BCUT2D eigenvalue weighted by Gasteiger charge is 2.30. The number of likely N-dealkylation sites (tertiary alicyclic amines) is 1. The predicted molar refractivity (Wildman–Crippen MR) is 103 cm³/mol. The van der Waals surface area contributed by atoms with Crippen molar-refractivity contribution in [2.75, 3.05) is 13.1 Å². The van der Waals surface area contributed by atoms with E-state index in [9.17, 15) is 27.9 Å². The Morgan fingerprint density at radius 2 is 1.87 bits per heavy atom. The first-order chi connectivity index (χ1) is 14.1. The van der Waals surface area contributed by atoms with Crippen molar-refractivity contribution in [3.8, 4) is 0 Å². The molecule has 2 aromatic rings. The molecule has 1 N–H and O–H groups in total. The second kappa shape index (κ2) is 8.77. The van der Waals surface area contributed by atoms with Gasteiger partial charge in [-0.25, -0.2) is 9.59 Å². The van der Waals surface area contributed by atoms with Crippen LogP contribution in [0.5, 0.6) is 0 Å². The fourth-order valence-corrected chi connectivity index (χ4v) is 3.57. The number of rotatable bonds is 4. The van der Waals surface area contributed by atoms with Crippen molar-refractivity contribution in [3.63, 3.8) is 0 Å². The molecule has 0 saturated carbocycles. The third kappa shape index (κ3) is 5.11. The maximum absolute atomic E-state index is 12.6. The SMILES string of the molecule is Cc1ccc(C2CCCN(C(=O)OCc3ccc(C(F)(F)F)cc3)C2)cc1C(=O)O. The lowest BCUT2D eigenvalue weighted by Gasteiger charge is -2.32. The van der Waals surface area contributed by atoms with Crippen LogP contribution in [0.25, 0.3) is 0 Å². The van der Waals surface area contributed by atoms with Crippen molar-refractivity contribution < 1.29 is 32.6 Å². The summed E-state index contributed by atoms with van der Waals surface area (Å²) in [4.78, 5) is 25.4. The average molecular weight is 421 g/mol. The number of benzene rings is 2. The molecule has 0 radical (unpaired) electrons. The summed E-state index contributed by atoms with van der Waals surface area (Å²) in [6, 6.07) is 9.78. The normalized spacial score (nSPS) is 16.9. The van der Waals surface area contributed by atoms with Crippen LogP contribution in [0.15, 0.2) is 42.5 Å². The zero-order chi connectivity index (χ0) is 21.9. The molecule has 0 bridgehead atoms. The number of amides is 1. The van der Waals surface area contributed by atoms with Crippen LogP contribution in [-0.2, 0) is 17.5 Å². The van der Waals surface area contributed by atoms with Gasteiger partial charge in [0.15, 0.2) is 0 Å². The molecule has 3 rings (SSSR count). The van der Waals surface area contributed by atoms with E-state index >= 15 is 0 Å². The summed E-state index contributed by atoms with van der Waals surface area (Å²) in [6.07, 6.45) is -3.37. The molecule has 2 aromatic carbocycles. The Bertz CT molecular complexity index is 925. The van der Waals surface area contributed by atoms with Gasteiger partial charge in [-0.15, -0.1) is 0 Å². The number of nitrogens with zero attached hydrogens (tertiary/aromatic N) is 1. The Kier molecular flexibility index (Phi) is 6.34. The number of hydrogen-bond acceptors (Lipinski definition) is 3. The number of carboxylic acids is 1. The van der Waals surface area contributed by atoms with Gasteiger partial charge in [0.1, 0.15) is 6.61 Å². The summed E-state index contributed by atoms with van der Waals surface area (Å²) in [7, 11) is 0. The first-order valence-electron chi connectivity index (χ1n) is 9.57. The minimum absolute atomic E-state index is 0.00364. The number of carbonyl (C=O) groups is 2. The Balaban J connectivity index is 1.61. The molecule has 1 unspecified atom stereocenters. The lowest BCUT2D eigenvalue weighted by Crippen LogP contribution is -2.39. The second-order valence-electron chi connectivity index (χ2n) is 7.41. The van der Waals surface area contributed by atoms with E-state index in [0.717, 1.165) is 30.5 Å². The van der Waals surface area contributed by atoms with Crippen LogP contribution in [0.3, 0.4) is 0 Å². The molecule has 0 spiro atoms. The Morgan fingerprint density at radius 3 is 2.50 bits per heavy atom. The summed E-state index contributed by atoms with van der Waals surface area (Å²) in [5.41, 5.74) is 1.49. The first kappa shape index (κ1) is 21.7. The number of halogens is 3. The van der Waals surface area contributed by atoms with Gasteiger partial charge in [-0.05, 0) is 54.7 Å². The third-order valence-electron chi connectivity index (χ3n) is 5.29. The van der Waals surface area contributed by atoms with E-state index in [2.05, 4.69) is 0 Å². The van der Waals surface area contributed by atoms with Gasteiger partial charge in [-0.3, -0.25) is 0 Å². The van der Waals surface area contributed by atoms with Gasteiger partial charge in [0.2, 0.25) is 0 Å². The topological polar surface area (TPSA) is 66.8 Å². The summed E-state index contributed by atoms with van der Waals surface area (Å²) < 4.78 is 43.1. The minimum Gasteiger partial charge on any atom is -0.478 e. The van der Waals surface area contributed by atoms with Gasteiger partial charge in [-0.2, -0.15) is 13.2 Å². The number of ether oxygens (including phenoxy) is 1. The molecule has 1 saturated heterocycles. The standard InChI is InChI=1S/C22H22F3NO4/c1-14-4-7-16(11-19(14)20(27)28)17-3-2-10-26(12-17)21(29)30-13-15-5-8-18(9-6-15)22(23,24)25/h4-9,11,17H,2-3,10,12-13H2,1H3,(H,27,28). The zero-order valence-electron chi connectivity index (χ0n) is 16.4. The number of aryl methyl sites for hydroxylation is 1. The van der Waals surface area contributed by atoms with Crippen molar-refractivity contribution >= 4 is 12.1 Å². The van der Waals surface area contributed by atoms with E-state index < -0.39 is 23.8 Å². The molecule has 1 aliphatic heterocycles. The molecular weight excluding hydrogens is 399 g/mol. The number of piperidine rings is 1. The second-order valence-corrected chi connectivity index (χ2v) is 7.41. The van der Waals surface area contributed by atoms with Gasteiger partial charge >= 0.3 is 18.2 Å². The van der Waals surface area contributed by atoms with Crippen LogP contribution in [0.1, 0.15) is 51.4 Å². The van der Waals surface area contributed by atoms with Gasteiger partial charge < -0.3 is 14.7 Å². The highest BCUT2D eigenvalue weighted by Crippen LogP contribution is 2.30. The number of aromatic carboxylic acids is 1. The summed E-state index contributed by atoms with van der Waals surface area (Å²) in [5.74, 6) is -0.992. The van der Waals surface area contributed by atoms with Crippen LogP contribution >= 0.6 is 0 Å². The highest BCUT2D eigenvalue weighted by atomic mass is 19.4. The Labute approximate surface area is 172 Å². The van der Waals surface area contributed by atoms with Crippen LogP contribution in [0, 0.1) is 6.92 Å². The van der Waals surface area contributed by atoms with E-state index in [4.69, 9.17) is 4.74 Å². The zero-order valence-corrected chi connectivity index (χ0v) is 16.4. The van der Waals surface area contributed by atoms with Gasteiger partial charge in [0.25, 0.3) is 0 Å². The molecule has 0 aromatic heterocycles. The molecule has 1 fully saturated rings. The molecule has 30 heavy (non-hydrogen) atoms. The smallest absolute Gasteiger partial charge is 0.416 e. The fourth-order valence-electron chi connectivity index (χ4n) is 3.57. The molecule has 160 valence electrons. The van der Waals surface area contributed by atoms with Crippen LogP contribution < -0.4 is 0 Å². The molecule has 1 heterocycles. The van der Waals surface area contributed by atoms with Crippen molar-refractivity contribution in [1.29, 1.82) is 0 Å². The van der Waals surface area contributed by atoms with Gasteiger partial charge in [0, 0.05) is 19.0 Å². The largest absolute Gasteiger partial charge is 0.478 e. The highest BCUT2D eigenvalue weighted by molar-refractivity contribution is 5.89. The van der Waals surface area contributed by atoms with Crippen molar-refractivity contribution in [2.24, 2.45) is 0 Å². The van der Waals surface area contributed by atoms with Crippen LogP contribution in [-0.4, -0.2) is 35.2 Å². The molecule has 1 aliphatic rings. The lowest BCUT2D eigenvalue weighted by molar-refractivity contribution is -0.137. The lowest BCUT2D eigenvalue weighted by atomic mass is 9.89. The summed E-state index contributed by atoms with van der Waals surface area (Å²) in [6.45, 7) is 2.53. The first-order valence-corrected chi connectivity index (χ1v) is 9.57. The van der Waals surface area contributed by atoms with Gasteiger partial charge in [0.05, 0.1) is 11.1 Å². The Morgan fingerprint density at radius 1 is 1.17 bits per heavy atom. The molecule has 1 atom stereocenters. The molecule has 5 nitrogen and oxygen atoms in total. The van der Waals surface area contributed by atoms with Crippen LogP contribution in [0.2, 0.25) is 0 Å².